The third-order valence-electron chi connectivity index (χ3n) is 3.36. The topological polar surface area (TPSA) is 59.3 Å². The summed E-state index contributed by atoms with van der Waals surface area (Å²) in [6.07, 6.45) is 0.846. The Kier molecular flexibility index (Phi) is 4.40. The first kappa shape index (κ1) is 14.6. The second-order valence-corrected chi connectivity index (χ2v) is 6.41. The van der Waals surface area contributed by atoms with E-state index in [0.717, 1.165) is 12.0 Å². The normalized spacial score (nSPS) is 14.7. The van der Waals surface area contributed by atoms with E-state index < -0.39 is 10.8 Å². The molecule has 0 amide bonds. The van der Waals surface area contributed by atoms with Gasteiger partial charge < -0.3 is 9.47 Å². The Morgan fingerprint density at radius 3 is 2.50 bits per heavy atom. The van der Waals surface area contributed by atoms with E-state index in [9.17, 15) is 4.21 Å². The lowest BCUT2D eigenvalue weighted by Gasteiger charge is -2.09. The molecule has 2 aromatic rings. The number of ether oxygens (including phenoxy) is 2. The molecule has 0 aliphatic carbocycles. The summed E-state index contributed by atoms with van der Waals surface area (Å²) < 4.78 is 23.7. The Bertz CT molecular complexity index is 735. The van der Waals surface area contributed by atoms with Crippen LogP contribution >= 0.6 is 0 Å². The van der Waals surface area contributed by atoms with Crippen molar-refractivity contribution in [2.24, 2.45) is 0 Å². The highest BCUT2D eigenvalue weighted by molar-refractivity contribution is 7.84. The molecule has 0 saturated carbocycles. The highest BCUT2D eigenvalue weighted by atomic mass is 32.2. The fourth-order valence-electron chi connectivity index (χ4n) is 2.20. The molecule has 3 rings (SSSR count). The fraction of sp³-hybridized carbons (Fsp3) is 0.235. The molecule has 1 aliphatic rings. The van der Waals surface area contributed by atoms with Crippen LogP contribution in [0.2, 0.25) is 0 Å². The molecule has 0 radical (unpaired) electrons. The van der Waals surface area contributed by atoms with Crippen LogP contribution in [0.3, 0.4) is 0 Å². The van der Waals surface area contributed by atoms with Crippen LogP contribution in [0.4, 0.5) is 0 Å². The van der Waals surface area contributed by atoms with Crippen LogP contribution in [-0.4, -0.2) is 17.4 Å². The molecule has 112 valence electrons. The van der Waals surface area contributed by atoms with Crippen molar-refractivity contribution in [3.63, 3.8) is 0 Å². The molecular weight excluding hydrogens is 298 g/mol. The van der Waals surface area contributed by atoms with Crippen molar-refractivity contribution in [1.29, 1.82) is 5.26 Å². The Labute approximate surface area is 131 Å². The summed E-state index contributed by atoms with van der Waals surface area (Å²) >= 11 is 0. The quantitative estimate of drug-likeness (QED) is 0.874. The third-order valence-corrected chi connectivity index (χ3v) is 4.74. The van der Waals surface area contributed by atoms with E-state index in [1.807, 2.05) is 24.3 Å². The van der Waals surface area contributed by atoms with Gasteiger partial charge in [0.15, 0.2) is 11.5 Å². The number of nitriles is 1. The van der Waals surface area contributed by atoms with Crippen molar-refractivity contribution in [2.45, 2.75) is 17.1 Å². The minimum Gasteiger partial charge on any atom is -0.490 e. The van der Waals surface area contributed by atoms with Crippen LogP contribution in [-0.2, 0) is 16.6 Å². The van der Waals surface area contributed by atoms with Gasteiger partial charge in [-0.25, -0.2) is 0 Å². The van der Waals surface area contributed by atoms with Gasteiger partial charge in [-0.2, -0.15) is 5.26 Å². The number of hydrogen-bond acceptors (Lipinski definition) is 4. The highest BCUT2D eigenvalue weighted by Gasteiger charge is 2.13. The zero-order valence-corrected chi connectivity index (χ0v) is 12.8. The minimum atomic E-state index is -1.17. The van der Waals surface area contributed by atoms with Gasteiger partial charge in [0, 0.05) is 17.4 Å². The van der Waals surface area contributed by atoms with Crippen LogP contribution in [0.1, 0.15) is 17.5 Å². The van der Waals surface area contributed by atoms with Crippen molar-refractivity contribution in [2.75, 3.05) is 13.2 Å². The summed E-state index contributed by atoms with van der Waals surface area (Å²) in [6.45, 7) is 1.25. The molecule has 4 nitrogen and oxygen atoms in total. The molecule has 0 bridgehead atoms. The Balaban J connectivity index is 1.77. The smallest absolute Gasteiger partial charge is 0.162 e. The maximum absolute atomic E-state index is 12.5. The summed E-state index contributed by atoms with van der Waals surface area (Å²) in [5.41, 5.74) is 1.54. The summed E-state index contributed by atoms with van der Waals surface area (Å²) in [5.74, 6) is 1.77. The first-order valence-electron chi connectivity index (χ1n) is 7.03. The largest absolute Gasteiger partial charge is 0.490 e. The standard InChI is InChI=1S/C17H15NO3S/c18-11-13-2-4-14(5-3-13)12-22(19)15-6-7-16-17(10-15)21-9-1-8-20-16/h2-7,10H,1,8-9,12H2. The van der Waals surface area contributed by atoms with E-state index in [2.05, 4.69) is 6.07 Å². The average Bonchev–Trinajstić information content (AvgIpc) is 2.80. The van der Waals surface area contributed by atoms with Gasteiger partial charge in [0.2, 0.25) is 0 Å². The lowest BCUT2D eigenvalue weighted by molar-refractivity contribution is 0.297. The molecule has 0 aromatic heterocycles. The predicted molar refractivity (Wildman–Crippen MR) is 83.3 cm³/mol. The molecule has 0 N–H and O–H groups in total. The first-order valence-corrected chi connectivity index (χ1v) is 8.35. The van der Waals surface area contributed by atoms with Gasteiger partial charge in [0.25, 0.3) is 0 Å². The molecule has 1 unspecified atom stereocenters. The molecule has 2 aromatic carbocycles. The maximum Gasteiger partial charge on any atom is 0.162 e. The van der Waals surface area contributed by atoms with E-state index >= 15 is 0 Å². The van der Waals surface area contributed by atoms with Crippen molar-refractivity contribution in [3.05, 3.63) is 53.6 Å². The Hall–Kier alpha value is -2.32. The zero-order valence-electron chi connectivity index (χ0n) is 12.0. The highest BCUT2D eigenvalue weighted by Crippen LogP contribution is 2.31. The number of hydrogen-bond donors (Lipinski definition) is 0. The van der Waals surface area contributed by atoms with Gasteiger partial charge >= 0.3 is 0 Å². The Morgan fingerprint density at radius 2 is 1.77 bits per heavy atom. The molecule has 0 fully saturated rings. The van der Waals surface area contributed by atoms with Crippen LogP contribution in [0.25, 0.3) is 0 Å². The minimum absolute atomic E-state index is 0.408. The van der Waals surface area contributed by atoms with Crippen LogP contribution in [0.15, 0.2) is 47.4 Å². The number of fused-ring (bicyclic) bond motifs is 1. The monoisotopic (exact) mass is 313 g/mol. The number of rotatable bonds is 3. The van der Waals surface area contributed by atoms with Crippen molar-refractivity contribution in [1.82, 2.24) is 0 Å². The summed E-state index contributed by atoms with van der Waals surface area (Å²) in [6, 6.07) is 14.6. The Morgan fingerprint density at radius 1 is 1.05 bits per heavy atom. The summed E-state index contributed by atoms with van der Waals surface area (Å²) in [7, 11) is -1.17. The van der Waals surface area contributed by atoms with Gasteiger partial charge in [-0.05, 0) is 29.8 Å². The number of nitrogens with zero attached hydrogens (tertiary/aromatic N) is 1. The van der Waals surface area contributed by atoms with E-state index in [-0.39, 0.29) is 0 Å². The fourth-order valence-corrected chi connectivity index (χ4v) is 3.32. The molecule has 0 spiro atoms. The van der Waals surface area contributed by atoms with Crippen molar-refractivity contribution in [3.8, 4) is 17.6 Å². The van der Waals surface area contributed by atoms with Gasteiger partial charge in [-0.15, -0.1) is 0 Å². The van der Waals surface area contributed by atoms with Crippen LogP contribution in [0.5, 0.6) is 11.5 Å². The zero-order chi connectivity index (χ0) is 15.4. The lowest BCUT2D eigenvalue weighted by atomic mass is 10.2. The van der Waals surface area contributed by atoms with E-state index in [0.29, 0.717) is 40.9 Å². The number of benzene rings is 2. The van der Waals surface area contributed by atoms with E-state index in [1.54, 1.807) is 18.2 Å². The second kappa shape index (κ2) is 6.63. The second-order valence-electron chi connectivity index (χ2n) is 4.96. The van der Waals surface area contributed by atoms with Crippen molar-refractivity contribution >= 4 is 10.8 Å². The van der Waals surface area contributed by atoms with Crippen LogP contribution in [0, 0.1) is 11.3 Å². The average molecular weight is 313 g/mol. The SMILES string of the molecule is N#Cc1ccc(CS(=O)c2ccc3c(c2)OCCCO3)cc1. The maximum atomic E-state index is 12.5. The van der Waals surface area contributed by atoms with Gasteiger partial charge in [0.1, 0.15) is 0 Å². The van der Waals surface area contributed by atoms with E-state index in [1.165, 1.54) is 0 Å². The molecule has 1 aliphatic heterocycles. The van der Waals surface area contributed by atoms with Gasteiger partial charge in [-0.3, -0.25) is 4.21 Å². The third kappa shape index (κ3) is 3.29. The van der Waals surface area contributed by atoms with Gasteiger partial charge in [-0.1, -0.05) is 12.1 Å². The summed E-state index contributed by atoms with van der Waals surface area (Å²) in [5, 5.41) is 8.79. The molecular formula is C17H15NO3S. The van der Waals surface area contributed by atoms with Crippen LogP contribution < -0.4 is 9.47 Å². The predicted octanol–water partition coefficient (Wildman–Crippen LogP) is 3.03. The van der Waals surface area contributed by atoms with E-state index in [4.69, 9.17) is 14.7 Å². The molecule has 1 atom stereocenters. The summed E-state index contributed by atoms with van der Waals surface area (Å²) in [4.78, 5) is 0.716. The molecule has 0 saturated heterocycles. The van der Waals surface area contributed by atoms with Crippen molar-refractivity contribution < 1.29 is 13.7 Å². The molecule has 5 heteroatoms. The molecule has 22 heavy (non-hydrogen) atoms. The van der Waals surface area contributed by atoms with Gasteiger partial charge in [0.05, 0.1) is 41.4 Å². The molecule has 1 heterocycles. The first-order chi connectivity index (χ1) is 10.8. The lowest BCUT2D eigenvalue weighted by Crippen LogP contribution is -1.99.